The first kappa shape index (κ1) is 74.2. The Balaban J connectivity index is 4.14. The van der Waals surface area contributed by atoms with Gasteiger partial charge < -0.3 is 14.2 Å². The fourth-order valence-electron chi connectivity index (χ4n) is 10.8. The monoisotopic (exact) mass is 1070 g/mol. The van der Waals surface area contributed by atoms with E-state index in [-0.39, 0.29) is 31.1 Å². The smallest absolute Gasteiger partial charge is 0.306 e. The van der Waals surface area contributed by atoms with E-state index in [1.54, 1.807) is 0 Å². The van der Waals surface area contributed by atoms with Gasteiger partial charge in [0.15, 0.2) is 6.10 Å². The number of rotatable bonds is 65. The van der Waals surface area contributed by atoms with Crippen molar-refractivity contribution in [1.82, 2.24) is 0 Å². The summed E-state index contributed by atoms with van der Waals surface area (Å²) in [5.74, 6) is -0.827. The molecule has 0 saturated carbocycles. The van der Waals surface area contributed by atoms with Crippen LogP contribution in [0.3, 0.4) is 0 Å². The number of unbranched alkanes of at least 4 members (excludes halogenated alkanes) is 52. The fraction of sp³-hybridized carbons (Fsp3) is 0.929. The lowest BCUT2D eigenvalue weighted by Crippen LogP contribution is -2.30. The third-order valence-electron chi connectivity index (χ3n) is 16.0. The Morgan fingerprint density at radius 2 is 0.434 bits per heavy atom. The molecule has 0 fully saturated rings. The molecule has 1 atom stereocenters. The Morgan fingerprint density at radius 3 is 0.658 bits per heavy atom. The van der Waals surface area contributed by atoms with Crippen molar-refractivity contribution in [3.05, 3.63) is 12.2 Å². The van der Waals surface area contributed by atoms with Crippen LogP contribution in [0, 0.1) is 0 Å². The summed E-state index contributed by atoms with van der Waals surface area (Å²) < 4.78 is 17.0. The third-order valence-corrected chi connectivity index (χ3v) is 16.0. The first-order valence-corrected chi connectivity index (χ1v) is 34.7. The summed E-state index contributed by atoms with van der Waals surface area (Å²) in [6, 6.07) is 0. The molecule has 0 aromatic rings. The number of hydrogen-bond acceptors (Lipinski definition) is 6. The van der Waals surface area contributed by atoms with Crippen LogP contribution in [-0.4, -0.2) is 37.2 Å². The Bertz CT molecular complexity index is 1180. The second-order valence-corrected chi connectivity index (χ2v) is 23.8. The molecule has 0 N–H and O–H groups in total. The van der Waals surface area contributed by atoms with Gasteiger partial charge in [0.05, 0.1) is 0 Å². The number of ether oxygens (including phenoxy) is 3. The van der Waals surface area contributed by atoms with E-state index in [4.69, 9.17) is 14.2 Å². The maximum Gasteiger partial charge on any atom is 0.306 e. The first-order valence-electron chi connectivity index (χ1n) is 34.7. The van der Waals surface area contributed by atoms with Crippen LogP contribution in [0.5, 0.6) is 0 Å². The maximum absolute atomic E-state index is 12.9. The molecule has 0 radical (unpaired) electrons. The molecule has 0 aliphatic heterocycles. The predicted molar refractivity (Wildman–Crippen MR) is 330 cm³/mol. The lowest BCUT2D eigenvalue weighted by Gasteiger charge is -2.18. The van der Waals surface area contributed by atoms with Crippen molar-refractivity contribution < 1.29 is 28.6 Å². The minimum absolute atomic E-state index is 0.0621. The van der Waals surface area contributed by atoms with Gasteiger partial charge >= 0.3 is 17.9 Å². The van der Waals surface area contributed by atoms with Gasteiger partial charge in [0.25, 0.3) is 0 Å². The standard InChI is InChI=1S/C70H134O6/c1-4-7-10-13-16-19-22-25-28-29-30-31-32-33-34-35-36-37-38-39-40-41-43-45-48-51-54-57-60-63-69(72)75-66-67(65-74-68(71)62-59-56-53-50-47-44-27-24-21-18-15-12-9-6-3)76-70(73)64-61-58-55-52-49-46-42-26-23-20-17-14-11-8-5-2/h29-30,67H,4-28,31-66H2,1-3H3/b30-29-. The Kier molecular flexibility index (Phi) is 64.1. The van der Waals surface area contributed by atoms with Crippen molar-refractivity contribution in [2.75, 3.05) is 13.2 Å². The maximum atomic E-state index is 12.9. The van der Waals surface area contributed by atoms with Gasteiger partial charge in [-0.05, 0) is 44.9 Å². The lowest BCUT2D eigenvalue weighted by molar-refractivity contribution is -0.167. The number of carbonyl (C=O) groups excluding carboxylic acids is 3. The zero-order valence-corrected chi connectivity index (χ0v) is 51.8. The quantitative estimate of drug-likeness (QED) is 0.0261. The average molecular weight is 1070 g/mol. The zero-order valence-electron chi connectivity index (χ0n) is 51.8. The second-order valence-electron chi connectivity index (χ2n) is 23.8. The molecular formula is C70H134O6. The molecule has 0 rings (SSSR count). The summed E-state index contributed by atoms with van der Waals surface area (Å²) in [4.78, 5) is 38.3. The number of esters is 3. The van der Waals surface area contributed by atoms with Crippen molar-refractivity contribution in [2.45, 2.75) is 406 Å². The van der Waals surface area contributed by atoms with Crippen LogP contribution in [0.4, 0.5) is 0 Å². The summed E-state index contributed by atoms with van der Waals surface area (Å²) in [6.07, 6.45) is 78.1. The molecule has 0 saturated heterocycles. The van der Waals surface area contributed by atoms with Gasteiger partial charge in [-0.25, -0.2) is 0 Å². The van der Waals surface area contributed by atoms with Crippen molar-refractivity contribution in [3.8, 4) is 0 Å². The SMILES string of the molecule is CCCCCCCCCC/C=C\CCCCCCCCCCCCCCCCCCCC(=O)OCC(COC(=O)CCCCCCCCCCCCCCCC)OC(=O)CCCCCCCCCCCCCCCCC. The van der Waals surface area contributed by atoms with Crippen molar-refractivity contribution >= 4 is 17.9 Å². The van der Waals surface area contributed by atoms with E-state index in [9.17, 15) is 14.4 Å². The Labute approximate surface area is 475 Å². The second kappa shape index (κ2) is 65.7. The van der Waals surface area contributed by atoms with Crippen molar-refractivity contribution in [1.29, 1.82) is 0 Å². The van der Waals surface area contributed by atoms with E-state index in [0.717, 1.165) is 57.8 Å². The lowest BCUT2D eigenvalue weighted by atomic mass is 10.0. The summed E-state index contributed by atoms with van der Waals surface area (Å²) in [6.45, 7) is 6.72. The van der Waals surface area contributed by atoms with Crippen LogP contribution in [0.15, 0.2) is 12.2 Å². The first-order chi connectivity index (χ1) is 37.5. The van der Waals surface area contributed by atoms with Crippen molar-refractivity contribution in [3.63, 3.8) is 0 Å². The van der Waals surface area contributed by atoms with Gasteiger partial charge in [-0.2, -0.15) is 0 Å². The Morgan fingerprint density at radius 1 is 0.250 bits per heavy atom. The summed E-state index contributed by atoms with van der Waals surface area (Å²) in [7, 11) is 0. The summed E-state index contributed by atoms with van der Waals surface area (Å²) in [5.41, 5.74) is 0. The molecule has 0 bridgehead atoms. The molecule has 0 aromatic heterocycles. The van der Waals surface area contributed by atoms with Crippen molar-refractivity contribution in [2.24, 2.45) is 0 Å². The molecule has 76 heavy (non-hydrogen) atoms. The molecule has 0 aliphatic rings. The summed E-state index contributed by atoms with van der Waals surface area (Å²) >= 11 is 0. The largest absolute Gasteiger partial charge is 0.462 e. The highest BCUT2D eigenvalue weighted by Crippen LogP contribution is 2.19. The normalized spacial score (nSPS) is 12.0. The molecule has 6 heteroatoms. The topological polar surface area (TPSA) is 78.9 Å². The van der Waals surface area contributed by atoms with Crippen LogP contribution < -0.4 is 0 Å². The molecule has 0 aromatic carbocycles. The number of allylic oxidation sites excluding steroid dienone is 2. The minimum atomic E-state index is -0.764. The van der Waals surface area contributed by atoms with Gasteiger partial charge in [-0.15, -0.1) is 0 Å². The van der Waals surface area contributed by atoms with Crippen LogP contribution in [0.1, 0.15) is 400 Å². The number of carbonyl (C=O) groups is 3. The van der Waals surface area contributed by atoms with Crippen LogP contribution in [-0.2, 0) is 28.6 Å². The molecule has 450 valence electrons. The Hall–Kier alpha value is -1.85. The van der Waals surface area contributed by atoms with Crippen LogP contribution in [0.25, 0.3) is 0 Å². The van der Waals surface area contributed by atoms with Gasteiger partial charge in [0.2, 0.25) is 0 Å². The van der Waals surface area contributed by atoms with Gasteiger partial charge in [-0.3, -0.25) is 14.4 Å². The predicted octanol–water partition coefficient (Wildman–Crippen LogP) is 23.6. The highest BCUT2D eigenvalue weighted by molar-refractivity contribution is 5.71. The van der Waals surface area contributed by atoms with Crippen LogP contribution >= 0.6 is 0 Å². The fourth-order valence-corrected chi connectivity index (χ4v) is 10.8. The van der Waals surface area contributed by atoms with Crippen LogP contribution in [0.2, 0.25) is 0 Å². The summed E-state index contributed by atoms with van der Waals surface area (Å²) in [5, 5.41) is 0. The molecule has 0 aliphatic carbocycles. The van der Waals surface area contributed by atoms with E-state index < -0.39 is 6.10 Å². The van der Waals surface area contributed by atoms with E-state index in [1.165, 1.54) is 302 Å². The molecular weight excluding hydrogens is 937 g/mol. The number of hydrogen-bond donors (Lipinski definition) is 0. The molecule has 1 unspecified atom stereocenters. The van der Waals surface area contributed by atoms with Gasteiger partial charge in [-0.1, -0.05) is 348 Å². The third kappa shape index (κ3) is 63.0. The molecule has 0 heterocycles. The zero-order chi connectivity index (χ0) is 55.0. The van der Waals surface area contributed by atoms with E-state index in [2.05, 4.69) is 32.9 Å². The van der Waals surface area contributed by atoms with Gasteiger partial charge in [0, 0.05) is 19.3 Å². The van der Waals surface area contributed by atoms with Gasteiger partial charge in [0.1, 0.15) is 13.2 Å². The highest BCUT2D eigenvalue weighted by Gasteiger charge is 2.19. The molecule has 6 nitrogen and oxygen atoms in total. The van der Waals surface area contributed by atoms with E-state index in [1.807, 2.05) is 0 Å². The average Bonchev–Trinajstić information content (AvgIpc) is 3.42. The minimum Gasteiger partial charge on any atom is -0.462 e. The molecule has 0 amide bonds. The van der Waals surface area contributed by atoms with E-state index in [0.29, 0.717) is 19.3 Å². The van der Waals surface area contributed by atoms with E-state index >= 15 is 0 Å². The molecule has 0 spiro atoms. The highest BCUT2D eigenvalue weighted by atomic mass is 16.6.